The molecule has 0 saturated carbocycles. The SMILES string of the molecule is O=C(N[C@H](CCO)C(=O)O)c1ccncc1. The van der Waals surface area contributed by atoms with Gasteiger partial charge in [-0.3, -0.25) is 9.78 Å². The molecule has 1 rings (SSSR count). The van der Waals surface area contributed by atoms with E-state index in [1.54, 1.807) is 0 Å². The van der Waals surface area contributed by atoms with Gasteiger partial charge in [-0.1, -0.05) is 0 Å². The maximum atomic E-state index is 11.6. The second-order valence-electron chi connectivity index (χ2n) is 3.11. The number of aromatic nitrogens is 1. The molecular weight excluding hydrogens is 212 g/mol. The summed E-state index contributed by atoms with van der Waals surface area (Å²) >= 11 is 0. The maximum absolute atomic E-state index is 11.6. The second kappa shape index (κ2) is 5.82. The van der Waals surface area contributed by atoms with Crippen LogP contribution in [0.1, 0.15) is 16.8 Å². The Balaban J connectivity index is 2.65. The average Bonchev–Trinajstić information content (AvgIpc) is 2.29. The molecule has 0 spiro atoms. The van der Waals surface area contributed by atoms with E-state index in [1.165, 1.54) is 24.5 Å². The number of nitrogens with zero attached hydrogens (tertiary/aromatic N) is 1. The number of aliphatic hydroxyl groups excluding tert-OH is 1. The van der Waals surface area contributed by atoms with E-state index >= 15 is 0 Å². The summed E-state index contributed by atoms with van der Waals surface area (Å²) in [6.45, 7) is -0.298. The van der Waals surface area contributed by atoms with Crippen molar-refractivity contribution in [1.82, 2.24) is 10.3 Å². The van der Waals surface area contributed by atoms with Crippen LogP contribution < -0.4 is 5.32 Å². The Morgan fingerprint density at radius 2 is 2.00 bits per heavy atom. The maximum Gasteiger partial charge on any atom is 0.326 e. The van der Waals surface area contributed by atoms with Crippen molar-refractivity contribution in [3.63, 3.8) is 0 Å². The molecular formula is C10H12N2O4. The molecule has 3 N–H and O–H groups in total. The Morgan fingerprint density at radius 1 is 1.38 bits per heavy atom. The lowest BCUT2D eigenvalue weighted by atomic mass is 10.2. The molecule has 0 fully saturated rings. The minimum Gasteiger partial charge on any atom is -0.480 e. The van der Waals surface area contributed by atoms with Crippen LogP contribution in [0.2, 0.25) is 0 Å². The summed E-state index contributed by atoms with van der Waals surface area (Å²) in [7, 11) is 0. The highest BCUT2D eigenvalue weighted by molar-refractivity contribution is 5.96. The number of carbonyl (C=O) groups excluding carboxylic acids is 1. The number of hydrogen-bond acceptors (Lipinski definition) is 4. The van der Waals surface area contributed by atoms with E-state index in [-0.39, 0.29) is 13.0 Å². The molecule has 6 nitrogen and oxygen atoms in total. The highest BCUT2D eigenvalue weighted by atomic mass is 16.4. The molecule has 0 unspecified atom stereocenters. The zero-order chi connectivity index (χ0) is 12.0. The molecule has 1 aromatic heterocycles. The van der Waals surface area contributed by atoms with Gasteiger partial charge in [0.25, 0.3) is 5.91 Å². The van der Waals surface area contributed by atoms with Crippen molar-refractivity contribution >= 4 is 11.9 Å². The number of aliphatic carboxylic acids is 1. The van der Waals surface area contributed by atoms with Gasteiger partial charge in [0.2, 0.25) is 0 Å². The van der Waals surface area contributed by atoms with Crippen molar-refractivity contribution in [3.8, 4) is 0 Å². The van der Waals surface area contributed by atoms with Gasteiger partial charge in [0, 0.05) is 31.0 Å². The van der Waals surface area contributed by atoms with Crippen molar-refractivity contribution in [2.45, 2.75) is 12.5 Å². The molecule has 0 aliphatic rings. The van der Waals surface area contributed by atoms with Gasteiger partial charge in [-0.05, 0) is 12.1 Å². The molecule has 1 amide bonds. The van der Waals surface area contributed by atoms with Crippen molar-refractivity contribution in [1.29, 1.82) is 0 Å². The first kappa shape index (κ1) is 12.1. The van der Waals surface area contributed by atoms with Crippen LogP contribution in [0.3, 0.4) is 0 Å². The number of rotatable bonds is 5. The summed E-state index contributed by atoms with van der Waals surface area (Å²) in [6, 6.07) is 1.88. The summed E-state index contributed by atoms with van der Waals surface area (Å²) in [5.41, 5.74) is 0.333. The first-order valence-corrected chi connectivity index (χ1v) is 4.69. The summed E-state index contributed by atoms with van der Waals surface area (Å²) in [5.74, 6) is -1.67. The van der Waals surface area contributed by atoms with E-state index in [9.17, 15) is 9.59 Å². The lowest BCUT2D eigenvalue weighted by molar-refractivity contribution is -0.139. The summed E-state index contributed by atoms with van der Waals surface area (Å²) < 4.78 is 0. The molecule has 1 atom stereocenters. The van der Waals surface area contributed by atoms with Crippen LogP contribution in [0.4, 0.5) is 0 Å². The Bertz CT molecular complexity index is 366. The predicted molar refractivity (Wildman–Crippen MR) is 54.8 cm³/mol. The number of hydrogen-bond donors (Lipinski definition) is 3. The van der Waals surface area contributed by atoms with E-state index < -0.39 is 17.9 Å². The van der Waals surface area contributed by atoms with Crippen LogP contribution in [0.15, 0.2) is 24.5 Å². The van der Waals surface area contributed by atoms with Crippen molar-refractivity contribution < 1.29 is 19.8 Å². The van der Waals surface area contributed by atoms with E-state index in [1.807, 2.05) is 0 Å². The lowest BCUT2D eigenvalue weighted by Crippen LogP contribution is -2.41. The minimum absolute atomic E-state index is 0.0217. The molecule has 16 heavy (non-hydrogen) atoms. The number of carbonyl (C=O) groups is 2. The number of carboxylic acid groups (broad SMARTS) is 1. The average molecular weight is 224 g/mol. The number of amides is 1. The van der Waals surface area contributed by atoms with E-state index in [0.29, 0.717) is 5.56 Å². The van der Waals surface area contributed by atoms with Gasteiger partial charge < -0.3 is 15.5 Å². The minimum atomic E-state index is -1.17. The van der Waals surface area contributed by atoms with Crippen molar-refractivity contribution in [3.05, 3.63) is 30.1 Å². The Hall–Kier alpha value is -1.95. The van der Waals surface area contributed by atoms with Crippen LogP contribution in [0, 0.1) is 0 Å². The summed E-state index contributed by atoms with van der Waals surface area (Å²) in [6.07, 6.45) is 2.86. The number of carboxylic acids is 1. The van der Waals surface area contributed by atoms with Gasteiger partial charge in [-0.25, -0.2) is 4.79 Å². The zero-order valence-electron chi connectivity index (χ0n) is 8.46. The standard InChI is InChI=1S/C10H12N2O4/c13-6-3-8(10(15)16)12-9(14)7-1-4-11-5-2-7/h1-2,4-5,8,13H,3,6H2,(H,12,14)(H,15,16)/t8-/m1/s1. The molecule has 0 saturated heterocycles. The van der Waals surface area contributed by atoms with E-state index in [4.69, 9.17) is 10.2 Å². The normalized spacial score (nSPS) is 11.8. The number of nitrogens with one attached hydrogen (secondary N) is 1. The molecule has 0 aliphatic heterocycles. The zero-order valence-corrected chi connectivity index (χ0v) is 8.46. The monoisotopic (exact) mass is 224 g/mol. The number of pyridine rings is 1. The summed E-state index contributed by atoms with van der Waals surface area (Å²) in [5, 5.41) is 19.7. The third-order valence-electron chi connectivity index (χ3n) is 1.96. The van der Waals surface area contributed by atoms with Crippen LogP contribution in [-0.2, 0) is 4.79 Å². The Kier molecular flexibility index (Phi) is 4.41. The van der Waals surface area contributed by atoms with Crippen LogP contribution >= 0.6 is 0 Å². The fraction of sp³-hybridized carbons (Fsp3) is 0.300. The Labute approximate surface area is 91.9 Å². The van der Waals surface area contributed by atoms with Crippen LogP contribution in [0.25, 0.3) is 0 Å². The van der Waals surface area contributed by atoms with E-state index in [2.05, 4.69) is 10.3 Å². The van der Waals surface area contributed by atoms with E-state index in [0.717, 1.165) is 0 Å². The molecule has 0 bridgehead atoms. The van der Waals surface area contributed by atoms with Gasteiger partial charge >= 0.3 is 5.97 Å². The summed E-state index contributed by atoms with van der Waals surface area (Å²) in [4.78, 5) is 26.0. The lowest BCUT2D eigenvalue weighted by Gasteiger charge is -2.12. The highest BCUT2D eigenvalue weighted by Gasteiger charge is 2.19. The molecule has 86 valence electrons. The molecule has 0 aromatic carbocycles. The smallest absolute Gasteiger partial charge is 0.326 e. The van der Waals surface area contributed by atoms with Gasteiger partial charge in [0.15, 0.2) is 0 Å². The van der Waals surface area contributed by atoms with Crippen LogP contribution in [0.5, 0.6) is 0 Å². The molecule has 0 radical (unpaired) electrons. The fourth-order valence-electron chi connectivity index (χ4n) is 1.13. The van der Waals surface area contributed by atoms with Crippen molar-refractivity contribution in [2.75, 3.05) is 6.61 Å². The first-order chi connectivity index (χ1) is 7.65. The fourth-order valence-corrected chi connectivity index (χ4v) is 1.13. The predicted octanol–water partition coefficient (Wildman–Crippen LogP) is -0.353. The highest BCUT2D eigenvalue weighted by Crippen LogP contribution is 1.99. The second-order valence-corrected chi connectivity index (χ2v) is 3.11. The van der Waals surface area contributed by atoms with Crippen molar-refractivity contribution in [2.24, 2.45) is 0 Å². The molecule has 0 aliphatic carbocycles. The van der Waals surface area contributed by atoms with Gasteiger partial charge in [-0.15, -0.1) is 0 Å². The molecule has 1 aromatic rings. The number of aliphatic hydroxyl groups is 1. The molecule has 6 heteroatoms. The van der Waals surface area contributed by atoms with Crippen LogP contribution in [-0.4, -0.2) is 39.7 Å². The Morgan fingerprint density at radius 3 is 2.50 bits per heavy atom. The third-order valence-corrected chi connectivity index (χ3v) is 1.96. The van der Waals surface area contributed by atoms with Gasteiger partial charge in [-0.2, -0.15) is 0 Å². The topological polar surface area (TPSA) is 99.5 Å². The molecule has 1 heterocycles. The van der Waals surface area contributed by atoms with Gasteiger partial charge in [0.05, 0.1) is 0 Å². The largest absolute Gasteiger partial charge is 0.480 e. The quantitative estimate of drug-likeness (QED) is 0.634. The third kappa shape index (κ3) is 3.32. The first-order valence-electron chi connectivity index (χ1n) is 4.69. The van der Waals surface area contributed by atoms with Gasteiger partial charge in [0.1, 0.15) is 6.04 Å².